The number of nitrogens with one attached hydrogen (secondary N) is 1. The van der Waals surface area contributed by atoms with Crippen LogP contribution in [0.4, 0.5) is 4.39 Å². The number of hydrogen-bond acceptors (Lipinski definition) is 3. The molecule has 3 unspecified atom stereocenters. The molecule has 3 nitrogen and oxygen atoms in total. The van der Waals surface area contributed by atoms with E-state index in [2.05, 4.69) is 12.2 Å². The number of halogens is 1. The van der Waals surface area contributed by atoms with Gasteiger partial charge in [0, 0.05) is 30.3 Å². The molecule has 1 aliphatic rings. The van der Waals surface area contributed by atoms with Crippen LogP contribution >= 0.6 is 0 Å². The average molecular weight is 253 g/mol. The van der Waals surface area contributed by atoms with Crippen molar-refractivity contribution in [2.75, 3.05) is 13.2 Å². The number of aromatic hydroxyl groups is 1. The van der Waals surface area contributed by atoms with Crippen molar-refractivity contribution < 1.29 is 14.2 Å². The Bertz CT molecular complexity index is 405. The van der Waals surface area contributed by atoms with Crippen LogP contribution in [0.1, 0.15) is 31.9 Å². The van der Waals surface area contributed by atoms with E-state index in [1.807, 2.05) is 6.92 Å². The predicted octanol–water partition coefficient (Wildman–Crippen LogP) is 2.61. The predicted molar refractivity (Wildman–Crippen MR) is 68.0 cm³/mol. The van der Waals surface area contributed by atoms with E-state index in [0.29, 0.717) is 12.0 Å². The maximum Gasteiger partial charge on any atom is 0.126 e. The lowest BCUT2D eigenvalue weighted by Gasteiger charge is -2.24. The molecular weight excluding hydrogens is 233 g/mol. The van der Waals surface area contributed by atoms with Crippen molar-refractivity contribution in [2.24, 2.45) is 5.92 Å². The molecule has 100 valence electrons. The summed E-state index contributed by atoms with van der Waals surface area (Å²) in [7, 11) is 0. The zero-order valence-corrected chi connectivity index (χ0v) is 10.8. The van der Waals surface area contributed by atoms with Crippen molar-refractivity contribution >= 4 is 0 Å². The van der Waals surface area contributed by atoms with Gasteiger partial charge in [-0.2, -0.15) is 0 Å². The van der Waals surface area contributed by atoms with Gasteiger partial charge < -0.3 is 15.2 Å². The van der Waals surface area contributed by atoms with Crippen LogP contribution in [0.3, 0.4) is 0 Å². The van der Waals surface area contributed by atoms with Gasteiger partial charge in [-0.25, -0.2) is 4.39 Å². The monoisotopic (exact) mass is 253 g/mol. The summed E-state index contributed by atoms with van der Waals surface area (Å²) < 4.78 is 18.3. The molecule has 0 radical (unpaired) electrons. The van der Waals surface area contributed by atoms with E-state index < -0.39 is 5.82 Å². The van der Waals surface area contributed by atoms with E-state index in [4.69, 9.17) is 4.74 Å². The third-order valence-corrected chi connectivity index (χ3v) is 3.64. The number of phenolic OH excluding ortho intramolecular Hbond substituents is 1. The highest BCUT2D eigenvalue weighted by Gasteiger charge is 2.24. The Kier molecular flexibility index (Phi) is 4.19. The summed E-state index contributed by atoms with van der Waals surface area (Å²) in [4.78, 5) is 0. The second-order valence-corrected chi connectivity index (χ2v) is 5.00. The zero-order valence-electron chi connectivity index (χ0n) is 10.8. The molecule has 1 aromatic carbocycles. The van der Waals surface area contributed by atoms with Crippen LogP contribution < -0.4 is 5.32 Å². The van der Waals surface area contributed by atoms with Crippen LogP contribution in [0.5, 0.6) is 5.75 Å². The number of benzene rings is 1. The third kappa shape index (κ3) is 3.00. The summed E-state index contributed by atoms with van der Waals surface area (Å²) in [5.41, 5.74) is 0.724. The molecule has 0 saturated carbocycles. The second-order valence-electron chi connectivity index (χ2n) is 5.00. The van der Waals surface area contributed by atoms with Crippen molar-refractivity contribution in [1.82, 2.24) is 5.32 Å². The Morgan fingerprint density at radius 2 is 2.22 bits per heavy atom. The summed E-state index contributed by atoms with van der Waals surface area (Å²) in [6, 6.07) is 4.45. The van der Waals surface area contributed by atoms with E-state index in [0.717, 1.165) is 31.3 Å². The molecule has 0 aliphatic carbocycles. The van der Waals surface area contributed by atoms with Gasteiger partial charge in [0.1, 0.15) is 11.6 Å². The minimum atomic E-state index is -0.416. The lowest BCUT2D eigenvalue weighted by Crippen LogP contribution is -2.35. The Balaban J connectivity index is 2.00. The second kappa shape index (κ2) is 5.67. The smallest absolute Gasteiger partial charge is 0.126 e. The van der Waals surface area contributed by atoms with Gasteiger partial charge in [0.05, 0.1) is 6.61 Å². The van der Waals surface area contributed by atoms with Gasteiger partial charge in [0.25, 0.3) is 0 Å². The van der Waals surface area contributed by atoms with Crippen LogP contribution in [0.2, 0.25) is 0 Å². The van der Waals surface area contributed by atoms with Crippen LogP contribution in [0, 0.1) is 11.7 Å². The van der Waals surface area contributed by atoms with E-state index in [9.17, 15) is 9.50 Å². The highest BCUT2D eigenvalue weighted by molar-refractivity contribution is 5.34. The number of rotatable bonds is 4. The zero-order chi connectivity index (χ0) is 13.1. The Morgan fingerprint density at radius 1 is 1.44 bits per heavy atom. The Morgan fingerprint density at radius 3 is 2.83 bits per heavy atom. The van der Waals surface area contributed by atoms with Gasteiger partial charge in [-0.3, -0.25) is 0 Å². The largest absolute Gasteiger partial charge is 0.508 e. The SMILES string of the molecule is CC(NC(C)C1CCOC1)c1ccc(F)cc1O. The molecule has 18 heavy (non-hydrogen) atoms. The first-order valence-electron chi connectivity index (χ1n) is 6.40. The summed E-state index contributed by atoms with van der Waals surface area (Å²) in [6.07, 6.45) is 1.07. The molecule has 2 N–H and O–H groups in total. The van der Waals surface area contributed by atoms with Crippen molar-refractivity contribution in [1.29, 1.82) is 0 Å². The van der Waals surface area contributed by atoms with Crippen LogP contribution in [0.15, 0.2) is 18.2 Å². The first-order valence-corrected chi connectivity index (χ1v) is 6.40. The molecule has 0 aromatic heterocycles. The highest BCUT2D eigenvalue weighted by Crippen LogP contribution is 2.26. The van der Waals surface area contributed by atoms with E-state index in [1.165, 1.54) is 6.07 Å². The average Bonchev–Trinajstić information content (AvgIpc) is 2.81. The van der Waals surface area contributed by atoms with Crippen LogP contribution in [-0.4, -0.2) is 24.4 Å². The van der Waals surface area contributed by atoms with Crippen molar-refractivity contribution in [2.45, 2.75) is 32.4 Å². The van der Waals surface area contributed by atoms with Crippen molar-refractivity contribution in [3.8, 4) is 5.75 Å². The van der Waals surface area contributed by atoms with E-state index >= 15 is 0 Å². The first-order chi connectivity index (χ1) is 8.58. The van der Waals surface area contributed by atoms with Crippen LogP contribution in [0.25, 0.3) is 0 Å². The fourth-order valence-electron chi connectivity index (χ4n) is 2.45. The normalized spacial score (nSPS) is 22.9. The number of hydrogen-bond donors (Lipinski definition) is 2. The minimum Gasteiger partial charge on any atom is -0.508 e. The molecule has 3 atom stereocenters. The number of phenols is 1. The van der Waals surface area contributed by atoms with Gasteiger partial charge in [-0.15, -0.1) is 0 Å². The lowest BCUT2D eigenvalue weighted by atomic mass is 9.98. The molecule has 1 aliphatic heterocycles. The standard InChI is InChI=1S/C14H20FNO2/c1-9(11-5-6-18-8-11)16-10(2)13-4-3-12(15)7-14(13)17/h3-4,7,9-11,16-17H,5-6,8H2,1-2H3. The fourth-order valence-corrected chi connectivity index (χ4v) is 2.45. The van der Waals surface area contributed by atoms with E-state index in [-0.39, 0.29) is 11.8 Å². The van der Waals surface area contributed by atoms with Gasteiger partial charge >= 0.3 is 0 Å². The van der Waals surface area contributed by atoms with Gasteiger partial charge in [-0.05, 0) is 32.3 Å². The molecular formula is C14H20FNO2. The van der Waals surface area contributed by atoms with Gasteiger partial charge in [0.2, 0.25) is 0 Å². The summed E-state index contributed by atoms with van der Waals surface area (Å²) in [5, 5.41) is 13.2. The lowest BCUT2D eigenvalue weighted by molar-refractivity contribution is 0.177. The third-order valence-electron chi connectivity index (χ3n) is 3.64. The molecule has 1 aromatic rings. The molecule has 2 rings (SSSR count). The number of ether oxygens (including phenoxy) is 1. The van der Waals surface area contributed by atoms with Gasteiger partial charge in [-0.1, -0.05) is 6.07 Å². The quantitative estimate of drug-likeness (QED) is 0.866. The maximum absolute atomic E-state index is 12.9. The van der Waals surface area contributed by atoms with Crippen molar-refractivity contribution in [3.63, 3.8) is 0 Å². The molecule has 0 spiro atoms. The summed E-state index contributed by atoms with van der Waals surface area (Å²) in [6.45, 7) is 5.71. The molecule has 0 amide bonds. The minimum absolute atomic E-state index is 0.00451. The molecule has 0 bridgehead atoms. The first kappa shape index (κ1) is 13.3. The summed E-state index contributed by atoms with van der Waals surface area (Å²) in [5.74, 6) is 0.0978. The van der Waals surface area contributed by atoms with Gasteiger partial charge in [0.15, 0.2) is 0 Å². The maximum atomic E-state index is 12.9. The summed E-state index contributed by atoms with van der Waals surface area (Å²) >= 11 is 0. The molecule has 1 saturated heterocycles. The molecule has 4 heteroatoms. The van der Waals surface area contributed by atoms with Crippen molar-refractivity contribution in [3.05, 3.63) is 29.6 Å². The molecule has 1 fully saturated rings. The Labute approximate surface area is 107 Å². The highest BCUT2D eigenvalue weighted by atomic mass is 19.1. The van der Waals surface area contributed by atoms with E-state index in [1.54, 1.807) is 6.07 Å². The molecule has 1 heterocycles. The van der Waals surface area contributed by atoms with Crippen LogP contribution in [-0.2, 0) is 4.74 Å². The topological polar surface area (TPSA) is 41.5 Å². The Hall–Kier alpha value is -1.13. The fraction of sp³-hybridized carbons (Fsp3) is 0.571.